The molecule has 0 aromatic heterocycles. The Hall–Kier alpha value is -3.68. The van der Waals surface area contributed by atoms with Crippen LogP contribution in [0.25, 0.3) is 0 Å². The first-order chi connectivity index (χ1) is 16.6. The van der Waals surface area contributed by atoms with Gasteiger partial charge < -0.3 is 5.32 Å². The van der Waals surface area contributed by atoms with Crippen LogP contribution in [0.2, 0.25) is 0 Å². The molecular formula is C28H30N2O4S. The molecule has 3 rings (SSSR count). The number of para-hydroxylation sites is 2. The maximum atomic E-state index is 12.0. The Morgan fingerprint density at radius 2 is 1.60 bits per heavy atom. The van der Waals surface area contributed by atoms with Crippen molar-refractivity contribution in [3.05, 3.63) is 109 Å². The smallest absolute Gasteiger partial charge is 0.294 e. The minimum Gasteiger partial charge on any atom is -0.355 e. The largest absolute Gasteiger partial charge is 0.355 e. The number of anilines is 3. The van der Waals surface area contributed by atoms with Crippen molar-refractivity contribution in [1.82, 2.24) is 0 Å². The molecule has 0 fully saturated rings. The Bertz CT molecular complexity index is 1320. The Balaban J connectivity index is 1.83. The van der Waals surface area contributed by atoms with Crippen LogP contribution >= 0.6 is 0 Å². The van der Waals surface area contributed by atoms with Gasteiger partial charge in [0.1, 0.15) is 0 Å². The molecule has 0 heterocycles. The van der Waals surface area contributed by atoms with E-state index in [1.165, 1.54) is 19.1 Å². The minimum atomic E-state index is -4.34. The van der Waals surface area contributed by atoms with Crippen LogP contribution in [0.1, 0.15) is 32.8 Å². The zero-order valence-electron chi connectivity index (χ0n) is 20.0. The van der Waals surface area contributed by atoms with Crippen LogP contribution in [-0.2, 0) is 20.3 Å². The molecule has 0 aliphatic carbocycles. The molecule has 0 atom stereocenters. The molecule has 6 nitrogen and oxygen atoms in total. The van der Waals surface area contributed by atoms with Crippen LogP contribution in [0, 0.1) is 0 Å². The first-order valence-electron chi connectivity index (χ1n) is 11.2. The van der Waals surface area contributed by atoms with E-state index < -0.39 is 15.5 Å². The van der Waals surface area contributed by atoms with Crippen LogP contribution in [0.15, 0.2) is 108 Å². The normalized spacial score (nSPS) is 12.2. The van der Waals surface area contributed by atoms with Crippen molar-refractivity contribution in [3.8, 4) is 0 Å². The van der Waals surface area contributed by atoms with Gasteiger partial charge in [0.15, 0.2) is 0 Å². The zero-order chi connectivity index (χ0) is 25.5. The predicted octanol–water partition coefficient (Wildman–Crippen LogP) is 6.47. The van der Waals surface area contributed by atoms with Gasteiger partial charge >= 0.3 is 0 Å². The van der Waals surface area contributed by atoms with Crippen LogP contribution in [0.5, 0.6) is 0 Å². The third-order valence-electron chi connectivity index (χ3n) is 5.55. The highest BCUT2D eigenvalue weighted by atomic mass is 32.2. The number of hydrogen-bond donors (Lipinski definition) is 2. The van der Waals surface area contributed by atoms with Gasteiger partial charge in [-0.1, -0.05) is 62.4 Å². The number of nitrogens with one attached hydrogen (secondary N) is 1. The van der Waals surface area contributed by atoms with Gasteiger partial charge in [0.05, 0.1) is 4.90 Å². The molecular weight excluding hydrogens is 460 g/mol. The molecule has 3 aromatic carbocycles. The Morgan fingerprint density at radius 3 is 2.20 bits per heavy atom. The Labute approximate surface area is 207 Å². The number of rotatable bonds is 9. The van der Waals surface area contributed by atoms with E-state index in [9.17, 15) is 17.8 Å². The molecule has 0 saturated carbocycles. The molecule has 0 aliphatic rings. The summed E-state index contributed by atoms with van der Waals surface area (Å²) in [6.07, 6.45) is 7.91. The van der Waals surface area contributed by atoms with E-state index >= 15 is 0 Å². The molecule has 0 saturated heterocycles. The number of allylic oxidation sites excluding steroid dienone is 3. The molecule has 1 amide bonds. The maximum Gasteiger partial charge on any atom is 0.294 e. The van der Waals surface area contributed by atoms with Gasteiger partial charge in [0.2, 0.25) is 5.91 Å². The molecule has 0 spiro atoms. The lowest BCUT2D eigenvalue weighted by molar-refractivity contribution is -0.116. The fourth-order valence-corrected chi connectivity index (χ4v) is 4.18. The third-order valence-corrected chi connectivity index (χ3v) is 6.40. The van der Waals surface area contributed by atoms with E-state index in [1.54, 1.807) is 23.2 Å². The Kier molecular flexibility index (Phi) is 8.27. The van der Waals surface area contributed by atoms with Crippen LogP contribution < -0.4 is 10.2 Å². The van der Waals surface area contributed by atoms with Crippen molar-refractivity contribution < 1.29 is 17.8 Å². The summed E-state index contributed by atoms with van der Waals surface area (Å²) in [5, 5.41) is 3.35. The van der Waals surface area contributed by atoms with Crippen LogP contribution in [0.3, 0.4) is 0 Å². The monoisotopic (exact) mass is 490 g/mol. The number of benzene rings is 3. The lowest BCUT2D eigenvalue weighted by Gasteiger charge is -2.27. The summed E-state index contributed by atoms with van der Waals surface area (Å²) in [6.45, 7) is 5.52. The summed E-state index contributed by atoms with van der Waals surface area (Å²) in [5.41, 5.74) is 2.68. The number of carbonyl (C=O) groups excluding carboxylic acids is 1. The molecule has 35 heavy (non-hydrogen) atoms. The predicted molar refractivity (Wildman–Crippen MR) is 142 cm³/mol. The van der Waals surface area contributed by atoms with Gasteiger partial charge in [0, 0.05) is 30.2 Å². The second kappa shape index (κ2) is 11.2. The summed E-state index contributed by atoms with van der Waals surface area (Å²) >= 11 is 0. The van der Waals surface area contributed by atoms with E-state index in [1.807, 2.05) is 86.7 Å². The lowest BCUT2D eigenvalue weighted by Crippen LogP contribution is -2.21. The van der Waals surface area contributed by atoms with Crippen molar-refractivity contribution in [2.75, 3.05) is 10.2 Å². The van der Waals surface area contributed by atoms with Crippen molar-refractivity contribution in [3.63, 3.8) is 0 Å². The van der Waals surface area contributed by atoms with Gasteiger partial charge in [0.25, 0.3) is 10.1 Å². The maximum absolute atomic E-state index is 12.0. The van der Waals surface area contributed by atoms with Crippen molar-refractivity contribution in [1.29, 1.82) is 0 Å². The van der Waals surface area contributed by atoms with Gasteiger partial charge in [-0.05, 0) is 65.9 Å². The van der Waals surface area contributed by atoms with Gasteiger partial charge in [-0.25, -0.2) is 0 Å². The molecule has 0 unspecified atom stereocenters. The summed E-state index contributed by atoms with van der Waals surface area (Å²) in [4.78, 5) is 13.4. The number of amides is 1. The third kappa shape index (κ3) is 7.15. The zero-order valence-corrected chi connectivity index (χ0v) is 20.9. The number of nitrogens with zero attached hydrogens (tertiary/aromatic N) is 1. The van der Waals surface area contributed by atoms with E-state index in [0.717, 1.165) is 22.6 Å². The highest BCUT2D eigenvalue weighted by Crippen LogP contribution is 2.36. The van der Waals surface area contributed by atoms with Crippen molar-refractivity contribution in [2.24, 2.45) is 0 Å². The fraction of sp³-hybridized carbons (Fsp3) is 0.179. The first kappa shape index (κ1) is 25.9. The Morgan fingerprint density at radius 1 is 0.971 bits per heavy atom. The van der Waals surface area contributed by atoms with E-state index in [-0.39, 0.29) is 10.8 Å². The van der Waals surface area contributed by atoms with Crippen LogP contribution in [0.4, 0.5) is 17.1 Å². The van der Waals surface area contributed by atoms with E-state index in [4.69, 9.17) is 0 Å². The van der Waals surface area contributed by atoms with Gasteiger partial charge in [-0.2, -0.15) is 8.42 Å². The van der Waals surface area contributed by atoms with Gasteiger partial charge in [-0.15, -0.1) is 0 Å². The molecule has 2 N–H and O–H groups in total. The minimum absolute atomic E-state index is 0.0974. The highest BCUT2D eigenvalue weighted by molar-refractivity contribution is 7.85. The first-order valence-corrected chi connectivity index (χ1v) is 12.6. The van der Waals surface area contributed by atoms with Crippen molar-refractivity contribution in [2.45, 2.75) is 37.5 Å². The average Bonchev–Trinajstić information content (AvgIpc) is 2.82. The molecule has 0 aliphatic heterocycles. The number of hydrogen-bond acceptors (Lipinski definition) is 4. The van der Waals surface area contributed by atoms with E-state index in [2.05, 4.69) is 5.32 Å². The average molecular weight is 491 g/mol. The van der Waals surface area contributed by atoms with Crippen molar-refractivity contribution >= 4 is 33.1 Å². The molecule has 7 heteroatoms. The summed E-state index contributed by atoms with van der Waals surface area (Å²) in [6, 6.07) is 23.5. The summed E-state index contributed by atoms with van der Waals surface area (Å²) < 4.78 is 33.2. The number of carbonyl (C=O) groups is 1. The molecule has 3 aromatic rings. The summed E-state index contributed by atoms with van der Waals surface area (Å²) in [5.74, 6) is -0.0974. The second-order valence-corrected chi connectivity index (χ2v) is 10.2. The lowest BCUT2D eigenvalue weighted by atomic mass is 9.80. The fourth-order valence-electron chi connectivity index (χ4n) is 3.68. The van der Waals surface area contributed by atoms with Crippen LogP contribution in [-0.4, -0.2) is 18.9 Å². The second-order valence-electron chi connectivity index (χ2n) is 8.76. The van der Waals surface area contributed by atoms with E-state index in [0.29, 0.717) is 6.42 Å². The topological polar surface area (TPSA) is 86.7 Å². The SMILES string of the molecule is CC(=O)N(/C=C/C=C/CC(C)(C)c1cc(S(=O)(=O)O)ccc1Nc1ccccc1)c1ccccc1. The molecule has 0 bridgehead atoms. The highest BCUT2D eigenvalue weighted by Gasteiger charge is 2.25. The summed E-state index contributed by atoms with van der Waals surface area (Å²) in [7, 11) is -4.34. The molecule has 182 valence electrons. The molecule has 0 radical (unpaired) electrons. The quantitative estimate of drug-likeness (QED) is 0.265. The standard InChI is InChI=1S/C28H30N2O4S/c1-22(31)30(24-15-9-5-10-16-24)20-12-6-11-19-28(2,3)26-21-25(35(32,33)34)17-18-27(26)29-23-13-7-4-8-14-23/h4-18,20-21,29H,19H2,1-3H3,(H,32,33,34)/b11-6+,20-12+. The van der Waals surface area contributed by atoms with Gasteiger partial charge in [-0.3, -0.25) is 14.2 Å².